The molecule has 0 aliphatic heterocycles. The molecule has 6 aromatic rings. The van der Waals surface area contributed by atoms with E-state index in [-0.39, 0.29) is 44.2 Å². The number of fused-ring (bicyclic) bond motifs is 2. The fourth-order valence-electron chi connectivity index (χ4n) is 5.12. The lowest BCUT2D eigenvalue weighted by Gasteiger charge is -2.10. The number of hydrogen-bond donors (Lipinski definition) is 7. The van der Waals surface area contributed by atoms with Gasteiger partial charge in [0.25, 0.3) is 30.4 Å². The van der Waals surface area contributed by atoms with E-state index in [1.807, 2.05) is 0 Å². The number of nitrogens with zero attached hydrogens (tertiary/aromatic N) is 4. The smallest absolute Gasteiger partial charge is 0.298 e. The quantitative estimate of drug-likeness (QED) is 0.0604. The van der Waals surface area contributed by atoms with Crippen LogP contribution in [0.25, 0.3) is 32.7 Å². The topological polar surface area (TPSA) is 293 Å². The Morgan fingerprint density at radius 2 is 0.904 bits per heavy atom. The maximum atomic E-state index is 11.9. The van der Waals surface area contributed by atoms with Gasteiger partial charge >= 0.3 is 0 Å². The van der Waals surface area contributed by atoms with E-state index < -0.39 is 57.3 Å². The Bertz CT molecular complexity index is 2880. The van der Waals surface area contributed by atoms with Crippen LogP contribution < -0.4 is 0 Å². The Balaban J connectivity index is 1.30. The molecule has 52 heavy (non-hydrogen) atoms. The van der Waals surface area contributed by atoms with Crippen LogP contribution in [0, 0.1) is 0 Å². The van der Waals surface area contributed by atoms with Gasteiger partial charge in [-0.15, -0.1) is 20.5 Å². The summed E-state index contributed by atoms with van der Waals surface area (Å²) in [6, 6.07) is 18.3. The van der Waals surface area contributed by atoms with E-state index in [4.69, 9.17) is 0 Å². The van der Waals surface area contributed by atoms with E-state index in [0.717, 1.165) is 30.3 Å². The fourth-order valence-corrected chi connectivity index (χ4v) is 6.77. The van der Waals surface area contributed by atoms with Crippen LogP contribution in [0.3, 0.4) is 0 Å². The van der Waals surface area contributed by atoms with E-state index in [0.29, 0.717) is 21.9 Å². The van der Waals surface area contributed by atoms with Crippen molar-refractivity contribution in [3.63, 3.8) is 0 Å². The maximum absolute atomic E-state index is 11.9. The summed E-state index contributed by atoms with van der Waals surface area (Å²) in [4.78, 5) is -1.98. The van der Waals surface area contributed by atoms with Crippen LogP contribution in [-0.4, -0.2) is 59.3 Å². The summed E-state index contributed by atoms with van der Waals surface area (Å²) in [7, 11) is -14.2. The Kier molecular flexibility index (Phi) is 8.90. The molecule has 0 bridgehead atoms. The van der Waals surface area contributed by atoms with E-state index in [2.05, 4.69) is 20.5 Å². The number of benzene rings is 6. The fraction of sp³-hybridized carbons (Fsp3) is 0. The van der Waals surface area contributed by atoms with Crippen LogP contribution >= 0.6 is 0 Å². The number of rotatable bonds is 8. The van der Waals surface area contributed by atoms with Gasteiger partial charge in [0, 0.05) is 10.8 Å². The van der Waals surface area contributed by atoms with Gasteiger partial charge < -0.3 is 20.4 Å². The van der Waals surface area contributed by atoms with Gasteiger partial charge in [-0.25, -0.2) is 0 Å². The molecule has 0 heterocycles. The number of phenolic OH excluding ortho intramolecular Hbond substituents is 4. The number of hydrogen-bond acceptors (Lipinski definition) is 14. The molecule has 0 amide bonds. The van der Waals surface area contributed by atoms with Gasteiger partial charge in [0.15, 0.2) is 5.75 Å². The lowest BCUT2D eigenvalue weighted by atomic mass is 10.0. The Labute approximate surface area is 293 Å². The molecule has 6 aromatic carbocycles. The molecule has 0 aliphatic rings. The van der Waals surface area contributed by atoms with Crippen molar-refractivity contribution < 1.29 is 59.3 Å². The standard InChI is InChI=1S/C32H22N4O13S3/c37-26-10-3-18-11-20(50(41,42)43)4-6-22(18)30(26)35-33-24-8-1-16(13-27(24)38)17-2-9-25(28(39)14-17)34-36-31-23-7-5-21(51(44,45)46)12-19(23)15-29(32(31)40)52(47,48)49/h1-15,37-40H,(H,41,42,43)(H,44,45,46)(H,47,48,49). The lowest BCUT2D eigenvalue weighted by Crippen LogP contribution is -2.00. The Morgan fingerprint density at radius 3 is 1.38 bits per heavy atom. The summed E-state index contributed by atoms with van der Waals surface area (Å²) in [5.41, 5.74) is 0.0240. The molecule has 0 spiro atoms. The van der Waals surface area contributed by atoms with Crippen LogP contribution in [0.2, 0.25) is 0 Å². The van der Waals surface area contributed by atoms with Gasteiger partial charge in [-0.3, -0.25) is 13.7 Å². The highest BCUT2D eigenvalue weighted by atomic mass is 32.2. The molecule has 20 heteroatoms. The van der Waals surface area contributed by atoms with Crippen molar-refractivity contribution >= 4 is 74.6 Å². The normalized spacial score (nSPS) is 12.8. The molecule has 0 aromatic heterocycles. The third-order valence-electron chi connectivity index (χ3n) is 7.64. The molecule has 0 saturated heterocycles. The summed E-state index contributed by atoms with van der Waals surface area (Å²) in [5.74, 6) is -2.11. The molecule has 0 fully saturated rings. The van der Waals surface area contributed by atoms with Gasteiger partial charge in [0.2, 0.25) is 0 Å². The molecule has 17 nitrogen and oxygen atoms in total. The summed E-state index contributed by atoms with van der Waals surface area (Å²) >= 11 is 0. The van der Waals surface area contributed by atoms with Crippen LogP contribution in [0.4, 0.5) is 22.7 Å². The highest BCUT2D eigenvalue weighted by Gasteiger charge is 2.23. The molecule has 0 unspecified atom stereocenters. The molecule has 7 N–H and O–H groups in total. The number of aromatic hydroxyl groups is 4. The van der Waals surface area contributed by atoms with Gasteiger partial charge in [0.1, 0.15) is 44.9 Å². The minimum Gasteiger partial charge on any atom is -0.506 e. The third kappa shape index (κ3) is 7.10. The van der Waals surface area contributed by atoms with Crippen LogP contribution in [0.1, 0.15) is 0 Å². The van der Waals surface area contributed by atoms with Crippen molar-refractivity contribution in [2.75, 3.05) is 0 Å². The van der Waals surface area contributed by atoms with Crippen molar-refractivity contribution in [1.82, 2.24) is 0 Å². The second kappa shape index (κ2) is 12.9. The van der Waals surface area contributed by atoms with Crippen molar-refractivity contribution in [3.8, 4) is 34.1 Å². The van der Waals surface area contributed by atoms with Crippen LogP contribution in [-0.2, 0) is 30.4 Å². The highest BCUT2D eigenvalue weighted by Crippen LogP contribution is 2.44. The third-order valence-corrected chi connectivity index (χ3v) is 10.2. The lowest BCUT2D eigenvalue weighted by molar-refractivity contribution is 0.444. The van der Waals surface area contributed by atoms with Crippen LogP contribution in [0.15, 0.2) is 126 Å². The zero-order chi connectivity index (χ0) is 37.7. The van der Waals surface area contributed by atoms with Crippen molar-refractivity contribution in [2.24, 2.45) is 20.5 Å². The molecule has 0 saturated carbocycles. The second-order valence-electron chi connectivity index (χ2n) is 11.0. The zero-order valence-electron chi connectivity index (χ0n) is 25.8. The predicted molar refractivity (Wildman–Crippen MR) is 184 cm³/mol. The number of azo groups is 2. The van der Waals surface area contributed by atoms with E-state index in [9.17, 15) is 59.3 Å². The SMILES string of the molecule is O=S(=O)(O)c1ccc2c(N=Nc3ccc(-c4ccc(N=Nc5c(O)c(S(=O)(=O)O)cc6cc(S(=O)(=O)O)ccc56)c(O)c4)cc3O)c(O)ccc2c1. The maximum Gasteiger partial charge on any atom is 0.298 e. The van der Waals surface area contributed by atoms with Crippen molar-refractivity contribution in [3.05, 3.63) is 91.0 Å². The summed E-state index contributed by atoms with van der Waals surface area (Å²) in [5, 5.41) is 58.6. The molecule has 0 atom stereocenters. The minimum absolute atomic E-state index is 0.0211. The largest absolute Gasteiger partial charge is 0.506 e. The van der Waals surface area contributed by atoms with Crippen LogP contribution in [0.5, 0.6) is 23.0 Å². The average Bonchev–Trinajstić information content (AvgIpc) is 3.06. The average molecular weight is 767 g/mol. The molecule has 0 radical (unpaired) electrons. The molecule has 6 rings (SSSR count). The number of phenols is 4. The Hall–Kier alpha value is -6.03. The van der Waals surface area contributed by atoms with Crippen molar-refractivity contribution in [1.29, 1.82) is 0 Å². The first-order valence-electron chi connectivity index (χ1n) is 14.3. The van der Waals surface area contributed by atoms with Gasteiger partial charge in [-0.05, 0) is 82.6 Å². The first kappa shape index (κ1) is 35.8. The van der Waals surface area contributed by atoms with E-state index in [1.54, 1.807) is 0 Å². The summed E-state index contributed by atoms with van der Waals surface area (Å²) in [6.45, 7) is 0. The summed E-state index contributed by atoms with van der Waals surface area (Å²) in [6.07, 6.45) is 0. The molecule has 0 aliphatic carbocycles. The van der Waals surface area contributed by atoms with Gasteiger partial charge in [-0.2, -0.15) is 25.3 Å². The van der Waals surface area contributed by atoms with E-state index in [1.165, 1.54) is 60.7 Å². The first-order valence-corrected chi connectivity index (χ1v) is 18.6. The molecular weight excluding hydrogens is 745 g/mol. The Morgan fingerprint density at radius 1 is 0.423 bits per heavy atom. The highest BCUT2D eigenvalue weighted by molar-refractivity contribution is 7.86. The van der Waals surface area contributed by atoms with E-state index >= 15 is 0 Å². The van der Waals surface area contributed by atoms with Crippen molar-refractivity contribution in [2.45, 2.75) is 14.7 Å². The van der Waals surface area contributed by atoms with Gasteiger partial charge in [-0.1, -0.05) is 30.3 Å². The first-order chi connectivity index (χ1) is 24.3. The molecule has 266 valence electrons. The predicted octanol–water partition coefficient (Wildman–Crippen LogP) is 7.05. The monoisotopic (exact) mass is 766 g/mol. The minimum atomic E-state index is -5.05. The second-order valence-corrected chi connectivity index (χ2v) is 15.2. The zero-order valence-corrected chi connectivity index (χ0v) is 28.2. The summed E-state index contributed by atoms with van der Waals surface area (Å²) < 4.78 is 98.4. The molecular formula is C32H22N4O13S3. The van der Waals surface area contributed by atoms with Gasteiger partial charge in [0.05, 0.1) is 9.79 Å².